The molecule has 2 rings (SSSR count). The predicted octanol–water partition coefficient (Wildman–Crippen LogP) is 2.51. The van der Waals surface area contributed by atoms with Crippen LogP contribution in [0.25, 0.3) is 0 Å². The zero-order valence-electron chi connectivity index (χ0n) is 10.6. The standard InChI is InChI=1S/C13H13FN2O2S2/c1-8-12(19-11-4-2-3-9(14)5-11)6-10(15)7-13(8)20(16,17)18/h2-7H,15H2,1H3,(H2,16,17,18). The molecule has 0 radical (unpaired) electrons. The van der Waals surface area contributed by atoms with Crippen molar-refractivity contribution in [1.29, 1.82) is 0 Å². The number of nitrogen functional groups attached to an aromatic ring is 1. The zero-order valence-corrected chi connectivity index (χ0v) is 12.3. The number of hydrogen-bond donors (Lipinski definition) is 2. The first-order chi connectivity index (χ1) is 9.27. The number of sulfonamides is 1. The van der Waals surface area contributed by atoms with E-state index < -0.39 is 10.0 Å². The molecule has 0 aromatic heterocycles. The van der Waals surface area contributed by atoms with E-state index in [0.29, 0.717) is 21.0 Å². The van der Waals surface area contributed by atoms with E-state index in [4.69, 9.17) is 10.9 Å². The van der Waals surface area contributed by atoms with E-state index in [-0.39, 0.29) is 10.7 Å². The first kappa shape index (κ1) is 14.8. The number of halogens is 1. The summed E-state index contributed by atoms with van der Waals surface area (Å²) in [5.74, 6) is -0.358. The van der Waals surface area contributed by atoms with Crippen LogP contribution >= 0.6 is 11.8 Å². The third-order valence-electron chi connectivity index (χ3n) is 2.67. The van der Waals surface area contributed by atoms with Crippen molar-refractivity contribution < 1.29 is 12.8 Å². The Morgan fingerprint density at radius 1 is 1.20 bits per heavy atom. The van der Waals surface area contributed by atoms with Crippen LogP contribution in [0.5, 0.6) is 0 Å². The fourth-order valence-electron chi connectivity index (χ4n) is 1.74. The van der Waals surface area contributed by atoms with Crippen LogP contribution in [0.4, 0.5) is 10.1 Å². The summed E-state index contributed by atoms with van der Waals surface area (Å²) in [6, 6.07) is 8.97. The molecule has 20 heavy (non-hydrogen) atoms. The van der Waals surface area contributed by atoms with Gasteiger partial charge in [-0.2, -0.15) is 0 Å². The lowest BCUT2D eigenvalue weighted by molar-refractivity contribution is 0.597. The number of rotatable bonds is 3. The molecule has 2 aromatic rings. The molecule has 2 aromatic carbocycles. The third-order valence-corrected chi connectivity index (χ3v) is 4.84. The average Bonchev–Trinajstić information content (AvgIpc) is 2.32. The highest BCUT2D eigenvalue weighted by atomic mass is 32.2. The van der Waals surface area contributed by atoms with Gasteiger partial charge in [-0.1, -0.05) is 17.8 Å². The van der Waals surface area contributed by atoms with E-state index in [1.165, 1.54) is 30.0 Å². The Kier molecular flexibility index (Phi) is 4.03. The van der Waals surface area contributed by atoms with Gasteiger partial charge in [0.1, 0.15) is 5.82 Å². The van der Waals surface area contributed by atoms with Crippen LogP contribution in [0.3, 0.4) is 0 Å². The third kappa shape index (κ3) is 3.30. The number of nitrogens with two attached hydrogens (primary N) is 2. The maximum absolute atomic E-state index is 13.2. The van der Waals surface area contributed by atoms with E-state index in [1.54, 1.807) is 25.1 Å². The Hall–Kier alpha value is -1.57. The summed E-state index contributed by atoms with van der Waals surface area (Å²) >= 11 is 1.23. The van der Waals surface area contributed by atoms with Gasteiger partial charge in [0, 0.05) is 15.5 Å². The molecule has 0 bridgehead atoms. The molecule has 0 spiro atoms. The molecule has 0 aliphatic heterocycles. The minimum atomic E-state index is -3.85. The van der Waals surface area contributed by atoms with Crippen LogP contribution in [0.2, 0.25) is 0 Å². The van der Waals surface area contributed by atoms with Gasteiger partial charge in [-0.25, -0.2) is 17.9 Å². The Labute approximate surface area is 121 Å². The van der Waals surface area contributed by atoms with Crippen LogP contribution in [-0.4, -0.2) is 8.42 Å². The number of hydrogen-bond acceptors (Lipinski definition) is 4. The summed E-state index contributed by atoms with van der Waals surface area (Å²) < 4.78 is 36.2. The van der Waals surface area contributed by atoms with Crippen LogP contribution in [0.15, 0.2) is 51.1 Å². The maximum Gasteiger partial charge on any atom is 0.238 e. The summed E-state index contributed by atoms with van der Waals surface area (Å²) in [7, 11) is -3.85. The van der Waals surface area contributed by atoms with E-state index >= 15 is 0 Å². The van der Waals surface area contributed by atoms with E-state index in [0.717, 1.165) is 0 Å². The summed E-state index contributed by atoms with van der Waals surface area (Å²) in [4.78, 5) is 1.26. The van der Waals surface area contributed by atoms with Gasteiger partial charge in [-0.3, -0.25) is 0 Å². The molecule has 0 amide bonds. The molecule has 0 heterocycles. The van der Waals surface area contributed by atoms with Gasteiger partial charge in [0.05, 0.1) is 4.90 Å². The molecular weight excluding hydrogens is 299 g/mol. The first-order valence-corrected chi connectivity index (χ1v) is 8.00. The fourth-order valence-corrected chi connectivity index (χ4v) is 3.67. The van der Waals surface area contributed by atoms with Crippen molar-refractivity contribution in [2.75, 3.05) is 5.73 Å². The van der Waals surface area contributed by atoms with Crippen molar-refractivity contribution in [1.82, 2.24) is 0 Å². The summed E-state index contributed by atoms with van der Waals surface area (Å²) in [5, 5.41) is 5.16. The van der Waals surface area contributed by atoms with E-state index in [1.807, 2.05) is 0 Å². The number of primary sulfonamides is 1. The lowest BCUT2D eigenvalue weighted by Gasteiger charge is -2.11. The van der Waals surface area contributed by atoms with Crippen molar-refractivity contribution in [3.05, 3.63) is 47.8 Å². The molecule has 0 saturated heterocycles. The molecule has 0 atom stereocenters. The van der Waals surface area contributed by atoms with Gasteiger partial charge in [0.2, 0.25) is 10.0 Å². The van der Waals surface area contributed by atoms with Crippen molar-refractivity contribution in [3.8, 4) is 0 Å². The van der Waals surface area contributed by atoms with Crippen molar-refractivity contribution in [3.63, 3.8) is 0 Å². The highest BCUT2D eigenvalue weighted by molar-refractivity contribution is 7.99. The smallest absolute Gasteiger partial charge is 0.238 e. The minimum absolute atomic E-state index is 0.0172. The lowest BCUT2D eigenvalue weighted by Crippen LogP contribution is -2.14. The minimum Gasteiger partial charge on any atom is -0.399 e. The number of anilines is 1. The van der Waals surface area contributed by atoms with Gasteiger partial charge in [-0.05, 0) is 42.8 Å². The molecule has 106 valence electrons. The zero-order chi connectivity index (χ0) is 14.9. The Bertz CT molecular complexity index is 761. The van der Waals surface area contributed by atoms with E-state index in [9.17, 15) is 12.8 Å². The second-order valence-electron chi connectivity index (χ2n) is 4.25. The molecular formula is C13H13FN2O2S2. The topological polar surface area (TPSA) is 86.2 Å². The largest absolute Gasteiger partial charge is 0.399 e. The van der Waals surface area contributed by atoms with Crippen LogP contribution in [-0.2, 0) is 10.0 Å². The molecule has 0 aliphatic rings. The molecule has 4 nitrogen and oxygen atoms in total. The van der Waals surface area contributed by atoms with Gasteiger partial charge in [-0.15, -0.1) is 0 Å². The van der Waals surface area contributed by atoms with E-state index in [2.05, 4.69) is 0 Å². The average molecular weight is 312 g/mol. The van der Waals surface area contributed by atoms with Crippen LogP contribution in [0.1, 0.15) is 5.56 Å². The molecule has 7 heteroatoms. The monoisotopic (exact) mass is 312 g/mol. The SMILES string of the molecule is Cc1c(Sc2cccc(F)c2)cc(N)cc1S(N)(=O)=O. The predicted molar refractivity (Wildman–Crippen MR) is 77.5 cm³/mol. The highest BCUT2D eigenvalue weighted by Crippen LogP contribution is 2.34. The highest BCUT2D eigenvalue weighted by Gasteiger charge is 2.16. The number of benzene rings is 2. The molecule has 4 N–H and O–H groups in total. The Balaban J connectivity index is 2.50. The van der Waals surface area contributed by atoms with Crippen molar-refractivity contribution in [2.45, 2.75) is 21.6 Å². The normalized spacial score (nSPS) is 11.6. The summed E-state index contributed by atoms with van der Waals surface area (Å²) in [6.07, 6.45) is 0. The second-order valence-corrected chi connectivity index (χ2v) is 6.89. The summed E-state index contributed by atoms with van der Waals surface area (Å²) in [5.41, 5.74) is 6.49. The lowest BCUT2D eigenvalue weighted by atomic mass is 10.2. The quantitative estimate of drug-likeness (QED) is 0.853. The first-order valence-electron chi connectivity index (χ1n) is 5.64. The van der Waals surface area contributed by atoms with Gasteiger partial charge >= 0.3 is 0 Å². The Morgan fingerprint density at radius 2 is 1.90 bits per heavy atom. The second kappa shape index (κ2) is 5.43. The van der Waals surface area contributed by atoms with Gasteiger partial charge in [0.15, 0.2) is 0 Å². The van der Waals surface area contributed by atoms with Crippen molar-refractivity contribution >= 4 is 27.5 Å². The van der Waals surface area contributed by atoms with Gasteiger partial charge in [0.25, 0.3) is 0 Å². The fraction of sp³-hybridized carbons (Fsp3) is 0.0769. The van der Waals surface area contributed by atoms with Gasteiger partial charge < -0.3 is 5.73 Å². The molecule has 0 fully saturated rings. The molecule has 0 aliphatic carbocycles. The van der Waals surface area contributed by atoms with Crippen LogP contribution in [0, 0.1) is 12.7 Å². The molecule has 0 unspecified atom stereocenters. The maximum atomic E-state index is 13.2. The van der Waals surface area contributed by atoms with Crippen molar-refractivity contribution in [2.24, 2.45) is 5.14 Å². The Morgan fingerprint density at radius 3 is 2.50 bits per heavy atom. The summed E-state index contributed by atoms with van der Waals surface area (Å²) in [6.45, 7) is 1.64. The van der Waals surface area contributed by atoms with Crippen LogP contribution < -0.4 is 10.9 Å². The molecule has 0 saturated carbocycles.